The van der Waals surface area contributed by atoms with Crippen molar-refractivity contribution in [1.82, 2.24) is 15.3 Å². The van der Waals surface area contributed by atoms with Gasteiger partial charge in [-0.2, -0.15) is 0 Å². The molecule has 1 amide bonds. The van der Waals surface area contributed by atoms with Crippen LogP contribution >= 0.6 is 0 Å². The largest absolute Gasteiger partial charge is 0.490 e. The zero-order valence-electron chi connectivity index (χ0n) is 20.7. The van der Waals surface area contributed by atoms with Crippen LogP contribution in [0.5, 0.6) is 11.5 Å². The highest BCUT2D eigenvalue weighted by Crippen LogP contribution is 2.28. The standard InChI is InChI=1S/C29H30N4O3/c1-4-35-26-13-12-21(15-27(26)36-5-2)18-30-29(34)23-10-7-11-24(16-23)33-28-17-25(31-19-32-28)22-9-6-8-20(3)14-22/h6-17,19H,4-5,18H2,1-3H3,(H,30,34)(H,31,32,33). The molecule has 0 aliphatic rings. The molecule has 0 bridgehead atoms. The van der Waals surface area contributed by atoms with E-state index in [0.29, 0.717) is 42.6 Å². The minimum absolute atomic E-state index is 0.173. The predicted octanol–water partition coefficient (Wildman–Crippen LogP) is 5.92. The van der Waals surface area contributed by atoms with E-state index in [-0.39, 0.29) is 5.91 Å². The lowest BCUT2D eigenvalue weighted by Gasteiger charge is -2.13. The minimum atomic E-state index is -0.173. The molecule has 0 aliphatic heterocycles. The smallest absolute Gasteiger partial charge is 0.251 e. The van der Waals surface area contributed by atoms with Gasteiger partial charge in [-0.15, -0.1) is 0 Å². The van der Waals surface area contributed by atoms with E-state index in [1.807, 2.05) is 75.4 Å². The number of benzene rings is 3. The van der Waals surface area contributed by atoms with Crippen LogP contribution in [0.4, 0.5) is 11.5 Å². The summed E-state index contributed by atoms with van der Waals surface area (Å²) in [6, 6.07) is 23.1. The van der Waals surface area contributed by atoms with Crippen LogP contribution in [0, 0.1) is 6.92 Å². The zero-order valence-corrected chi connectivity index (χ0v) is 20.7. The van der Waals surface area contributed by atoms with Gasteiger partial charge in [0.05, 0.1) is 18.9 Å². The van der Waals surface area contributed by atoms with E-state index in [2.05, 4.69) is 26.7 Å². The van der Waals surface area contributed by atoms with Gasteiger partial charge in [0, 0.05) is 29.4 Å². The van der Waals surface area contributed by atoms with E-state index < -0.39 is 0 Å². The monoisotopic (exact) mass is 482 g/mol. The Hall–Kier alpha value is -4.39. The van der Waals surface area contributed by atoms with Crippen molar-refractivity contribution in [3.8, 4) is 22.8 Å². The van der Waals surface area contributed by atoms with Crippen LogP contribution in [-0.2, 0) is 6.54 Å². The third kappa shape index (κ3) is 6.39. The Balaban J connectivity index is 1.43. The summed E-state index contributed by atoms with van der Waals surface area (Å²) < 4.78 is 11.3. The van der Waals surface area contributed by atoms with Gasteiger partial charge in [0.2, 0.25) is 0 Å². The lowest BCUT2D eigenvalue weighted by atomic mass is 10.1. The van der Waals surface area contributed by atoms with Crippen molar-refractivity contribution in [2.24, 2.45) is 0 Å². The molecule has 2 N–H and O–H groups in total. The Morgan fingerprint density at radius 3 is 2.47 bits per heavy atom. The van der Waals surface area contributed by atoms with Crippen molar-refractivity contribution in [2.45, 2.75) is 27.3 Å². The number of nitrogens with one attached hydrogen (secondary N) is 2. The van der Waals surface area contributed by atoms with E-state index in [0.717, 1.165) is 22.5 Å². The van der Waals surface area contributed by atoms with Crippen LogP contribution in [-0.4, -0.2) is 29.1 Å². The first-order valence-electron chi connectivity index (χ1n) is 12.0. The maximum atomic E-state index is 12.9. The number of hydrogen-bond acceptors (Lipinski definition) is 6. The van der Waals surface area contributed by atoms with Crippen molar-refractivity contribution >= 4 is 17.4 Å². The van der Waals surface area contributed by atoms with Crippen LogP contribution in [0.15, 0.2) is 79.1 Å². The number of amides is 1. The van der Waals surface area contributed by atoms with Gasteiger partial charge >= 0.3 is 0 Å². The number of ether oxygens (including phenoxy) is 2. The lowest BCUT2D eigenvalue weighted by Crippen LogP contribution is -2.22. The summed E-state index contributed by atoms with van der Waals surface area (Å²) in [7, 11) is 0. The van der Waals surface area contributed by atoms with Gasteiger partial charge in [0.25, 0.3) is 5.91 Å². The number of carbonyl (C=O) groups excluding carboxylic acids is 1. The second-order valence-electron chi connectivity index (χ2n) is 8.19. The first kappa shape index (κ1) is 24.7. The number of rotatable bonds is 10. The van der Waals surface area contributed by atoms with Gasteiger partial charge in [0.1, 0.15) is 12.1 Å². The molecule has 4 rings (SSSR count). The van der Waals surface area contributed by atoms with E-state index in [1.54, 1.807) is 12.1 Å². The molecule has 7 nitrogen and oxygen atoms in total. The first-order valence-corrected chi connectivity index (χ1v) is 12.0. The quantitative estimate of drug-likeness (QED) is 0.292. The number of aromatic nitrogens is 2. The summed E-state index contributed by atoms with van der Waals surface area (Å²) in [6.45, 7) is 7.37. The molecule has 0 spiro atoms. The molecule has 0 radical (unpaired) electrons. The number of aryl methyl sites for hydroxylation is 1. The fourth-order valence-corrected chi connectivity index (χ4v) is 3.76. The van der Waals surface area contributed by atoms with E-state index in [4.69, 9.17) is 9.47 Å². The number of anilines is 2. The molecule has 0 saturated carbocycles. The van der Waals surface area contributed by atoms with Crippen molar-refractivity contribution in [1.29, 1.82) is 0 Å². The van der Waals surface area contributed by atoms with Crippen molar-refractivity contribution in [2.75, 3.05) is 18.5 Å². The maximum absolute atomic E-state index is 12.9. The van der Waals surface area contributed by atoms with E-state index in [9.17, 15) is 4.79 Å². The van der Waals surface area contributed by atoms with Crippen molar-refractivity contribution in [3.05, 3.63) is 95.8 Å². The first-order chi connectivity index (χ1) is 17.6. The van der Waals surface area contributed by atoms with Gasteiger partial charge in [0.15, 0.2) is 11.5 Å². The molecule has 7 heteroatoms. The van der Waals surface area contributed by atoms with Gasteiger partial charge in [-0.1, -0.05) is 35.9 Å². The number of carbonyl (C=O) groups is 1. The molecule has 4 aromatic rings. The van der Waals surface area contributed by atoms with Gasteiger partial charge in [-0.05, 0) is 62.7 Å². The van der Waals surface area contributed by atoms with Crippen molar-refractivity contribution in [3.63, 3.8) is 0 Å². The molecule has 0 atom stereocenters. The highest BCUT2D eigenvalue weighted by Gasteiger charge is 2.10. The third-order valence-corrected chi connectivity index (χ3v) is 5.44. The molecule has 1 heterocycles. The highest BCUT2D eigenvalue weighted by atomic mass is 16.5. The van der Waals surface area contributed by atoms with Gasteiger partial charge in [-0.3, -0.25) is 4.79 Å². The molecule has 0 unspecified atom stereocenters. The third-order valence-electron chi connectivity index (χ3n) is 5.44. The Morgan fingerprint density at radius 1 is 0.861 bits per heavy atom. The summed E-state index contributed by atoms with van der Waals surface area (Å²) in [6.07, 6.45) is 1.53. The fourth-order valence-electron chi connectivity index (χ4n) is 3.76. The zero-order chi connectivity index (χ0) is 25.3. The Morgan fingerprint density at radius 2 is 1.67 bits per heavy atom. The second kappa shape index (κ2) is 11.8. The lowest BCUT2D eigenvalue weighted by molar-refractivity contribution is 0.0951. The van der Waals surface area contributed by atoms with E-state index >= 15 is 0 Å². The topological polar surface area (TPSA) is 85.4 Å². The maximum Gasteiger partial charge on any atom is 0.251 e. The Labute approximate surface area is 211 Å². The molecule has 0 aliphatic carbocycles. The fraction of sp³-hybridized carbons (Fsp3) is 0.207. The summed E-state index contributed by atoms with van der Waals surface area (Å²) in [5.74, 6) is 1.85. The summed E-state index contributed by atoms with van der Waals surface area (Å²) in [4.78, 5) is 21.6. The second-order valence-corrected chi connectivity index (χ2v) is 8.19. The van der Waals surface area contributed by atoms with Crippen LogP contribution in [0.25, 0.3) is 11.3 Å². The molecule has 184 valence electrons. The SMILES string of the molecule is CCOc1ccc(CNC(=O)c2cccc(Nc3cc(-c4cccc(C)c4)ncn3)c2)cc1OCC. The average molecular weight is 483 g/mol. The summed E-state index contributed by atoms with van der Waals surface area (Å²) in [5, 5.41) is 6.25. The highest BCUT2D eigenvalue weighted by molar-refractivity contribution is 5.95. The molecule has 3 aromatic carbocycles. The van der Waals surface area contributed by atoms with Crippen LogP contribution < -0.4 is 20.1 Å². The molecule has 0 saturated heterocycles. The molecule has 0 fully saturated rings. The average Bonchev–Trinajstić information content (AvgIpc) is 2.89. The molecule has 36 heavy (non-hydrogen) atoms. The van der Waals surface area contributed by atoms with Gasteiger partial charge in [-0.25, -0.2) is 9.97 Å². The van der Waals surface area contributed by atoms with Crippen LogP contribution in [0.1, 0.15) is 35.3 Å². The van der Waals surface area contributed by atoms with E-state index in [1.165, 1.54) is 11.9 Å². The molecular weight excluding hydrogens is 452 g/mol. The minimum Gasteiger partial charge on any atom is -0.490 e. The summed E-state index contributed by atoms with van der Waals surface area (Å²) >= 11 is 0. The molecular formula is C29H30N4O3. The number of nitrogens with zero attached hydrogens (tertiary/aromatic N) is 2. The van der Waals surface area contributed by atoms with Crippen LogP contribution in [0.3, 0.4) is 0 Å². The van der Waals surface area contributed by atoms with Gasteiger partial charge < -0.3 is 20.1 Å². The normalized spacial score (nSPS) is 10.5. The summed E-state index contributed by atoms with van der Waals surface area (Å²) in [5.41, 5.74) is 5.25. The number of hydrogen-bond donors (Lipinski definition) is 2. The Bertz CT molecular complexity index is 1340. The van der Waals surface area contributed by atoms with Crippen LogP contribution in [0.2, 0.25) is 0 Å². The predicted molar refractivity (Wildman–Crippen MR) is 142 cm³/mol. The van der Waals surface area contributed by atoms with Crippen molar-refractivity contribution < 1.29 is 14.3 Å². The Kier molecular flexibility index (Phi) is 8.13. The molecule has 1 aromatic heterocycles.